The van der Waals surface area contributed by atoms with Crippen molar-refractivity contribution < 1.29 is 8.42 Å². The molecule has 5 nitrogen and oxygen atoms in total. The van der Waals surface area contributed by atoms with Crippen molar-refractivity contribution in [2.45, 2.75) is 37.8 Å². The van der Waals surface area contributed by atoms with Crippen LogP contribution in [0.5, 0.6) is 0 Å². The highest BCUT2D eigenvalue weighted by Crippen LogP contribution is 2.26. The Morgan fingerprint density at radius 3 is 2.35 bits per heavy atom. The molecule has 0 aromatic carbocycles. The Morgan fingerprint density at radius 2 is 1.85 bits per heavy atom. The maximum Gasteiger partial charge on any atom is 0.244 e. The van der Waals surface area contributed by atoms with Gasteiger partial charge in [-0.2, -0.15) is 4.31 Å². The van der Waals surface area contributed by atoms with E-state index >= 15 is 0 Å². The summed E-state index contributed by atoms with van der Waals surface area (Å²) >= 11 is 1.40. The maximum absolute atomic E-state index is 12.6. The van der Waals surface area contributed by atoms with Crippen LogP contribution in [0, 0.1) is 0 Å². The average Bonchev–Trinajstić information content (AvgIpc) is 2.87. The van der Waals surface area contributed by atoms with Crippen LogP contribution in [0.2, 0.25) is 0 Å². The van der Waals surface area contributed by atoms with Crippen molar-refractivity contribution >= 4 is 21.4 Å². The lowest BCUT2D eigenvalue weighted by molar-refractivity contribution is 0.0922. The summed E-state index contributed by atoms with van der Waals surface area (Å²) in [5.74, 6) is 0. The van der Waals surface area contributed by atoms with Gasteiger partial charge >= 0.3 is 0 Å². The molecule has 0 aliphatic carbocycles. The minimum absolute atomic E-state index is 0.0840. The van der Waals surface area contributed by atoms with Crippen LogP contribution in [-0.2, 0) is 16.6 Å². The highest BCUT2D eigenvalue weighted by molar-refractivity contribution is 7.89. The molecule has 0 spiro atoms. The molecule has 0 radical (unpaired) electrons. The van der Waals surface area contributed by atoms with Crippen LogP contribution in [-0.4, -0.2) is 49.3 Å². The molecule has 0 atom stereocenters. The van der Waals surface area contributed by atoms with Gasteiger partial charge in [-0.1, -0.05) is 0 Å². The van der Waals surface area contributed by atoms with E-state index in [-0.39, 0.29) is 12.1 Å². The van der Waals surface area contributed by atoms with Crippen molar-refractivity contribution in [3.8, 4) is 0 Å². The highest BCUT2D eigenvalue weighted by atomic mass is 32.2. The lowest BCUT2D eigenvalue weighted by Gasteiger charge is -2.41. The third kappa shape index (κ3) is 3.07. The number of nitrogens with two attached hydrogens (primary N) is 1. The maximum atomic E-state index is 12.6. The number of hydrogen-bond donors (Lipinski definition) is 1. The summed E-state index contributed by atoms with van der Waals surface area (Å²) in [5.41, 5.74) is 5.70. The monoisotopic (exact) mass is 317 g/mol. The molecule has 1 aromatic rings. The number of nitrogens with zero attached hydrogens (tertiary/aromatic N) is 2. The van der Waals surface area contributed by atoms with Crippen LogP contribution in [0.25, 0.3) is 0 Å². The first kappa shape index (κ1) is 15.9. The molecular weight excluding hydrogens is 294 g/mol. The van der Waals surface area contributed by atoms with Gasteiger partial charge in [-0.3, -0.25) is 4.90 Å². The number of hydrogen-bond acceptors (Lipinski definition) is 5. The van der Waals surface area contributed by atoms with E-state index in [1.54, 1.807) is 15.8 Å². The Bertz CT molecular complexity index is 552. The number of rotatable bonds is 3. The Morgan fingerprint density at radius 1 is 1.25 bits per heavy atom. The third-order valence-electron chi connectivity index (χ3n) is 3.70. The smallest absolute Gasteiger partial charge is 0.244 e. The van der Waals surface area contributed by atoms with E-state index in [1.807, 2.05) is 0 Å². The van der Waals surface area contributed by atoms with Crippen LogP contribution < -0.4 is 5.73 Å². The summed E-state index contributed by atoms with van der Waals surface area (Å²) in [6, 6.07) is 1.67. The Balaban J connectivity index is 2.14. The Labute approximate surface area is 125 Å². The van der Waals surface area contributed by atoms with E-state index in [0.717, 1.165) is 18.0 Å². The van der Waals surface area contributed by atoms with Gasteiger partial charge in [0.15, 0.2) is 0 Å². The predicted octanol–water partition coefficient (Wildman–Crippen LogP) is 1.31. The molecule has 2 N–H and O–H groups in total. The summed E-state index contributed by atoms with van der Waals surface area (Å²) in [5, 5.41) is 1.79. The molecular formula is C13H23N3O2S2. The van der Waals surface area contributed by atoms with E-state index < -0.39 is 10.0 Å². The van der Waals surface area contributed by atoms with Crippen molar-refractivity contribution in [2.75, 3.05) is 26.2 Å². The summed E-state index contributed by atoms with van der Waals surface area (Å²) in [4.78, 5) is 3.44. The largest absolute Gasteiger partial charge is 0.326 e. The van der Waals surface area contributed by atoms with Gasteiger partial charge in [0, 0.05) is 43.1 Å². The van der Waals surface area contributed by atoms with Gasteiger partial charge in [-0.05, 0) is 32.2 Å². The van der Waals surface area contributed by atoms with Gasteiger partial charge in [0.2, 0.25) is 10.0 Å². The molecule has 7 heteroatoms. The van der Waals surface area contributed by atoms with Gasteiger partial charge in [-0.15, -0.1) is 11.3 Å². The fraction of sp³-hybridized carbons (Fsp3) is 0.692. The zero-order valence-electron chi connectivity index (χ0n) is 12.3. The van der Waals surface area contributed by atoms with E-state index in [2.05, 4.69) is 25.7 Å². The minimum atomic E-state index is -3.39. The summed E-state index contributed by atoms with van der Waals surface area (Å²) in [7, 11) is -3.39. The van der Waals surface area contributed by atoms with E-state index in [0.29, 0.717) is 18.0 Å². The summed E-state index contributed by atoms with van der Waals surface area (Å²) < 4.78 is 26.9. The second-order valence-corrected chi connectivity index (χ2v) is 8.88. The van der Waals surface area contributed by atoms with E-state index in [1.165, 1.54) is 11.3 Å². The van der Waals surface area contributed by atoms with Gasteiger partial charge in [0.25, 0.3) is 0 Å². The second kappa shape index (κ2) is 5.73. The molecule has 114 valence electrons. The summed E-state index contributed by atoms with van der Waals surface area (Å²) in [6.07, 6.45) is 0. The predicted molar refractivity (Wildman–Crippen MR) is 82.3 cm³/mol. The molecule has 1 fully saturated rings. The minimum Gasteiger partial charge on any atom is -0.326 e. The fourth-order valence-corrected chi connectivity index (χ4v) is 5.17. The van der Waals surface area contributed by atoms with E-state index in [9.17, 15) is 8.42 Å². The molecule has 2 heterocycles. The van der Waals surface area contributed by atoms with Gasteiger partial charge < -0.3 is 5.73 Å². The van der Waals surface area contributed by atoms with Crippen LogP contribution >= 0.6 is 11.3 Å². The van der Waals surface area contributed by atoms with Crippen molar-refractivity contribution in [1.29, 1.82) is 0 Å². The number of piperazine rings is 1. The lowest BCUT2D eigenvalue weighted by Crippen LogP contribution is -2.54. The van der Waals surface area contributed by atoms with Gasteiger partial charge in [0.05, 0.1) is 4.90 Å². The van der Waals surface area contributed by atoms with Crippen LogP contribution in [0.3, 0.4) is 0 Å². The SMILES string of the molecule is CC(C)(C)N1CCN(S(=O)(=O)c2ccsc2CN)CC1. The zero-order valence-corrected chi connectivity index (χ0v) is 13.9. The normalized spacial score (nSPS) is 19.4. The Hall–Kier alpha value is -0.470. The molecule has 0 unspecified atom stereocenters. The first-order valence-electron chi connectivity index (χ1n) is 6.78. The highest BCUT2D eigenvalue weighted by Gasteiger charge is 2.33. The molecule has 20 heavy (non-hydrogen) atoms. The molecule has 0 bridgehead atoms. The van der Waals surface area contributed by atoms with Crippen molar-refractivity contribution in [1.82, 2.24) is 9.21 Å². The van der Waals surface area contributed by atoms with Crippen molar-refractivity contribution in [3.05, 3.63) is 16.3 Å². The first-order valence-corrected chi connectivity index (χ1v) is 9.10. The molecule has 1 aromatic heterocycles. The van der Waals surface area contributed by atoms with Crippen LogP contribution in [0.1, 0.15) is 25.6 Å². The topological polar surface area (TPSA) is 66.6 Å². The van der Waals surface area contributed by atoms with Crippen LogP contribution in [0.4, 0.5) is 0 Å². The lowest BCUT2D eigenvalue weighted by atomic mass is 10.1. The standard InChI is InChI=1S/C13H23N3O2S2/c1-13(2,3)15-5-7-16(8-6-15)20(17,18)12-4-9-19-11(12)10-14/h4,9H,5-8,10,14H2,1-3H3. The second-order valence-electron chi connectivity index (χ2n) is 5.97. The average molecular weight is 317 g/mol. The van der Waals surface area contributed by atoms with Crippen molar-refractivity contribution in [2.24, 2.45) is 5.73 Å². The third-order valence-corrected chi connectivity index (χ3v) is 6.75. The van der Waals surface area contributed by atoms with E-state index in [4.69, 9.17) is 5.73 Å². The van der Waals surface area contributed by atoms with Gasteiger partial charge in [-0.25, -0.2) is 8.42 Å². The fourth-order valence-electron chi connectivity index (χ4n) is 2.45. The van der Waals surface area contributed by atoms with Gasteiger partial charge in [0.1, 0.15) is 0 Å². The van der Waals surface area contributed by atoms with Crippen LogP contribution in [0.15, 0.2) is 16.3 Å². The number of thiophene rings is 1. The molecule has 2 rings (SSSR count). The quantitative estimate of drug-likeness (QED) is 0.913. The number of sulfonamides is 1. The first-order chi connectivity index (χ1) is 9.26. The molecule has 0 amide bonds. The molecule has 0 saturated carbocycles. The molecule has 1 saturated heterocycles. The molecule has 1 aliphatic rings. The molecule has 1 aliphatic heterocycles. The summed E-state index contributed by atoms with van der Waals surface area (Å²) in [6.45, 7) is 9.36. The van der Waals surface area contributed by atoms with Crippen molar-refractivity contribution in [3.63, 3.8) is 0 Å². The Kier molecular flexibility index (Phi) is 4.56. The zero-order chi connectivity index (χ0) is 15.0.